The molecule has 0 unspecified atom stereocenters. The SMILES string of the molecule is CNC(=O)c1ccc2sc(SC(=O)CCC(=O)Sc3nc4cc(C(=O)NC)ccc4s3)nc2c1. The molecular weight excluding hydrogens is 513 g/mol. The summed E-state index contributed by atoms with van der Waals surface area (Å²) in [6.45, 7) is 0. The van der Waals surface area contributed by atoms with Crippen molar-refractivity contribution in [1.29, 1.82) is 0 Å². The molecule has 0 saturated carbocycles. The minimum atomic E-state index is -0.198. The van der Waals surface area contributed by atoms with Gasteiger partial charge in [0.25, 0.3) is 11.8 Å². The van der Waals surface area contributed by atoms with Crippen LogP contribution in [0.1, 0.15) is 33.6 Å². The van der Waals surface area contributed by atoms with Crippen molar-refractivity contribution in [1.82, 2.24) is 20.6 Å². The summed E-state index contributed by atoms with van der Waals surface area (Å²) in [4.78, 5) is 57.2. The molecule has 0 radical (unpaired) electrons. The van der Waals surface area contributed by atoms with Gasteiger partial charge in [-0.15, -0.1) is 22.7 Å². The number of carbonyl (C=O) groups is 4. The van der Waals surface area contributed by atoms with E-state index in [9.17, 15) is 19.2 Å². The van der Waals surface area contributed by atoms with Crippen LogP contribution in [-0.2, 0) is 9.59 Å². The molecule has 2 amide bonds. The summed E-state index contributed by atoms with van der Waals surface area (Å²) in [6.07, 6.45) is 0.170. The minimum absolute atomic E-state index is 0.0850. The topological polar surface area (TPSA) is 118 Å². The zero-order valence-electron chi connectivity index (χ0n) is 18.0. The van der Waals surface area contributed by atoms with Gasteiger partial charge in [0.2, 0.25) is 0 Å². The molecule has 0 bridgehead atoms. The number of fused-ring (bicyclic) bond motifs is 2. The highest BCUT2D eigenvalue weighted by Crippen LogP contribution is 2.33. The van der Waals surface area contributed by atoms with Crippen molar-refractivity contribution in [2.75, 3.05) is 14.1 Å². The molecule has 174 valence electrons. The molecule has 2 heterocycles. The fourth-order valence-corrected chi connectivity index (χ4v) is 6.84. The first-order chi connectivity index (χ1) is 16.4. The molecule has 0 aliphatic carbocycles. The van der Waals surface area contributed by atoms with Gasteiger partial charge in [-0.3, -0.25) is 19.2 Å². The highest BCUT2D eigenvalue weighted by atomic mass is 32.2. The van der Waals surface area contributed by atoms with E-state index in [1.807, 2.05) is 12.1 Å². The lowest BCUT2D eigenvalue weighted by Gasteiger charge is -1.98. The first-order valence-corrected chi connectivity index (χ1v) is 13.3. The molecule has 2 N–H and O–H groups in total. The smallest absolute Gasteiger partial charge is 0.251 e. The van der Waals surface area contributed by atoms with E-state index >= 15 is 0 Å². The molecule has 0 aliphatic heterocycles. The monoisotopic (exact) mass is 530 g/mol. The zero-order valence-corrected chi connectivity index (χ0v) is 21.3. The molecule has 8 nitrogen and oxygen atoms in total. The van der Waals surface area contributed by atoms with Gasteiger partial charge in [0.15, 0.2) is 18.9 Å². The molecule has 12 heteroatoms. The molecule has 0 spiro atoms. The van der Waals surface area contributed by atoms with Crippen LogP contribution in [0.25, 0.3) is 20.4 Å². The van der Waals surface area contributed by atoms with Crippen LogP contribution in [0.5, 0.6) is 0 Å². The van der Waals surface area contributed by atoms with Crippen LogP contribution in [0.3, 0.4) is 0 Å². The van der Waals surface area contributed by atoms with Gasteiger partial charge >= 0.3 is 0 Å². The lowest BCUT2D eigenvalue weighted by Crippen LogP contribution is -2.17. The summed E-state index contributed by atoms with van der Waals surface area (Å²) >= 11 is 4.75. The Balaban J connectivity index is 1.32. The number of thiazole rings is 2. The van der Waals surface area contributed by atoms with E-state index in [4.69, 9.17) is 0 Å². The van der Waals surface area contributed by atoms with Crippen molar-refractivity contribution in [3.8, 4) is 0 Å². The normalized spacial score (nSPS) is 11.0. The highest BCUT2D eigenvalue weighted by molar-refractivity contribution is 8.15. The number of nitrogens with zero attached hydrogens (tertiary/aromatic N) is 2. The van der Waals surface area contributed by atoms with E-state index < -0.39 is 0 Å². The summed E-state index contributed by atoms with van der Waals surface area (Å²) < 4.78 is 2.91. The first kappa shape index (κ1) is 24.3. The number of aromatic nitrogens is 2. The van der Waals surface area contributed by atoms with Gasteiger partial charge in [0.05, 0.1) is 20.4 Å². The predicted octanol–water partition coefficient (Wildman–Crippen LogP) is 4.34. The van der Waals surface area contributed by atoms with Crippen molar-refractivity contribution >= 4 is 88.7 Å². The molecular formula is C22H18N4O4S4. The average molecular weight is 531 g/mol. The summed E-state index contributed by atoms with van der Waals surface area (Å²) in [6, 6.07) is 10.4. The largest absolute Gasteiger partial charge is 0.355 e. The molecule has 34 heavy (non-hydrogen) atoms. The number of carbonyl (C=O) groups excluding carboxylic acids is 4. The van der Waals surface area contributed by atoms with Gasteiger partial charge in [-0.25, -0.2) is 9.97 Å². The van der Waals surface area contributed by atoms with Crippen LogP contribution in [-0.4, -0.2) is 46.1 Å². The summed E-state index contributed by atoms with van der Waals surface area (Å²) in [5, 5.41) is 4.83. The third-order valence-electron chi connectivity index (χ3n) is 4.65. The number of hydrogen-bond donors (Lipinski definition) is 2. The van der Waals surface area contributed by atoms with Gasteiger partial charge < -0.3 is 10.6 Å². The Kier molecular flexibility index (Phi) is 7.61. The van der Waals surface area contributed by atoms with Gasteiger partial charge in [-0.2, -0.15) is 0 Å². The maximum atomic E-state index is 12.4. The number of benzene rings is 2. The molecule has 4 aromatic rings. The van der Waals surface area contributed by atoms with E-state index in [0.717, 1.165) is 32.9 Å². The van der Waals surface area contributed by atoms with E-state index in [2.05, 4.69) is 20.6 Å². The lowest BCUT2D eigenvalue weighted by molar-refractivity contribution is -0.115. The van der Waals surface area contributed by atoms with E-state index in [1.165, 1.54) is 22.7 Å². The second-order valence-corrected chi connectivity index (χ2v) is 11.6. The van der Waals surface area contributed by atoms with Crippen LogP contribution in [0.15, 0.2) is 45.1 Å². The van der Waals surface area contributed by atoms with Gasteiger partial charge in [0.1, 0.15) is 0 Å². The summed E-state index contributed by atoms with van der Waals surface area (Å²) in [5.74, 6) is -0.396. The van der Waals surface area contributed by atoms with Gasteiger partial charge in [-0.05, 0) is 59.9 Å². The quantitative estimate of drug-likeness (QED) is 0.339. The fourth-order valence-electron chi connectivity index (χ4n) is 2.97. The van der Waals surface area contributed by atoms with Crippen LogP contribution < -0.4 is 10.6 Å². The molecule has 4 rings (SSSR count). The Labute approximate surface area is 210 Å². The number of rotatable bonds is 7. The Bertz CT molecular complexity index is 1320. The first-order valence-electron chi connectivity index (χ1n) is 10.0. The Morgan fingerprint density at radius 2 is 1.15 bits per heavy atom. The van der Waals surface area contributed by atoms with Crippen LogP contribution in [0.4, 0.5) is 0 Å². The van der Waals surface area contributed by atoms with Crippen LogP contribution in [0.2, 0.25) is 0 Å². The average Bonchev–Trinajstić information content (AvgIpc) is 3.43. The zero-order chi connectivity index (χ0) is 24.2. The maximum absolute atomic E-state index is 12.4. The second kappa shape index (κ2) is 10.6. The summed E-state index contributed by atoms with van der Waals surface area (Å²) in [5.41, 5.74) is 2.32. The van der Waals surface area contributed by atoms with Gasteiger partial charge in [-0.1, -0.05) is 0 Å². The number of thioether (sulfide) groups is 2. The maximum Gasteiger partial charge on any atom is 0.251 e. The molecule has 2 aromatic carbocycles. The van der Waals surface area contributed by atoms with E-state index in [0.29, 0.717) is 30.8 Å². The minimum Gasteiger partial charge on any atom is -0.355 e. The van der Waals surface area contributed by atoms with E-state index in [1.54, 1.807) is 38.4 Å². The molecule has 0 atom stereocenters. The van der Waals surface area contributed by atoms with Crippen molar-refractivity contribution < 1.29 is 19.2 Å². The van der Waals surface area contributed by atoms with Crippen molar-refractivity contribution in [3.05, 3.63) is 47.5 Å². The molecule has 0 aliphatic rings. The number of amides is 2. The molecule has 0 fully saturated rings. The summed E-state index contributed by atoms with van der Waals surface area (Å²) in [7, 11) is 3.13. The van der Waals surface area contributed by atoms with E-state index in [-0.39, 0.29) is 34.9 Å². The molecule has 0 saturated heterocycles. The third-order valence-corrected chi connectivity index (χ3v) is 8.71. The standard InChI is InChI=1S/C22H18N4O4S4/c1-23-19(29)11-3-5-15-13(9-11)25-21(31-15)33-17(27)7-8-18(28)34-22-26-14-10-12(20(30)24-2)4-6-16(14)32-22/h3-6,9-10H,7-8H2,1-2H3,(H,23,29)(H,24,30). The van der Waals surface area contributed by atoms with Crippen molar-refractivity contribution in [3.63, 3.8) is 0 Å². The highest BCUT2D eigenvalue weighted by Gasteiger charge is 2.16. The van der Waals surface area contributed by atoms with Crippen molar-refractivity contribution in [2.24, 2.45) is 0 Å². The van der Waals surface area contributed by atoms with Gasteiger partial charge in [0, 0.05) is 38.1 Å². The molecule has 2 aromatic heterocycles. The predicted molar refractivity (Wildman–Crippen MR) is 137 cm³/mol. The van der Waals surface area contributed by atoms with Crippen LogP contribution in [0, 0.1) is 0 Å². The number of nitrogens with one attached hydrogen (secondary N) is 2. The number of hydrogen-bond acceptors (Lipinski definition) is 10. The lowest BCUT2D eigenvalue weighted by atomic mass is 10.2. The Hall–Kier alpha value is -2.80. The Morgan fingerprint density at radius 3 is 1.53 bits per heavy atom. The Morgan fingerprint density at radius 1 is 0.735 bits per heavy atom. The second-order valence-electron chi connectivity index (χ2n) is 6.93. The van der Waals surface area contributed by atoms with Crippen LogP contribution >= 0.6 is 46.2 Å². The van der Waals surface area contributed by atoms with Crippen molar-refractivity contribution in [2.45, 2.75) is 21.5 Å². The fraction of sp³-hybridized carbons (Fsp3) is 0.182. The third kappa shape index (κ3) is 5.63.